The molecule has 2 aromatic rings. The first-order valence-corrected chi connectivity index (χ1v) is 5.62. The van der Waals surface area contributed by atoms with Crippen molar-refractivity contribution < 1.29 is 14.7 Å². The van der Waals surface area contributed by atoms with Gasteiger partial charge in [0.05, 0.1) is 17.3 Å². The zero-order valence-corrected chi connectivity index (χ0v) is 10.5. The summed E-state index contributed by atoms with van der Waals surface area (Å²) in [6, 6.07) is 4.75. The minimum absolute atomic E-state index is 0.170. The fourth-order valence-corrected chi connectivity index (χ4v) is 1.74. The van der Waals surface area contributed by atoms with E-state index in [-0.39, 0.29) is 11.5 Å². The molecule has 6 nitrogen and oxygen atoms in total. The summed E-state index contributed by atoms with van der Waals surface area (Å²) in [5.74, 6) is -1.34. The highest BCUT2D eigenvalue weighted by Crippen LogP contribution is 2.19. The third-order valence-corrected chi connectivity index (χ3v) is 2.78. The zero-order valence-electron chi connectivity index (χ0n) is 10.5. The van der Waals surface area contributed by atoms with E-state index in [1.807, 2.05) is 0 Å². The number of carbonyl (C=O) groups excluding carboxylic acids is 1. The van der Waals surface area contributed by atoms with Crippen molar-refractivity contribution in [1.82, 2.24) is 9.78 Å². The number of aromatic nitrogens is 2. The van der Waals surface area contributed by atoms with Gasteiger partial charge in [0.25, 0.3) is 5.91 Å². The van der Waals surface area contributed by atoms with Crippen LogP contribution in [-0.4, -0.2) is 26.8 Å². The highest BCUT2D eigenvalue weighted by molar-refractivity contribution is 6.05. The summed E-state index contributed by atoms with van der Waals surface area (Å²) in [7, 11) is 1.72. The van der Waals surface area contributed by atoms with Gasteiger partial charge in [0.1, 0.15) is 0 Å². The van der Waals surface area contributed by atoms with E-state index < -0.39 is 5.97 Å². The van der Waals surface area contributed by atoms with Crippen molar-refractivity contribution in [3.8, 4) is 0 Å². The summed E-state index contributed by atoms with van der Waals surface area (Å²) in [5.41, 5.74) is 1.59. The van der Waals surface area contributed by atoms with Crippen molar-refractivity contribution in [1.29, 1.82) is 0 Å². The van der Waals surface area contributed by atoms with Gasteiger partial charge in [0.2, 0.25) is 0 Å². The Morgan fingerprint density at radius 1 is 1.37 bits per heavy atom. The van der Waals surface area contributed by atoms with E-state index in [2.05, 4.69) is 10.4 Å². The maximum atomic E-state index is 11.9. The Morgan fingerprint density at radius 3 is 2.68 bits per heavy atom. The van der Waals surface area contributed by atoms with Crippen molar-refractivity contribution in [2.24, 2.45) is 7.05 Å². The van der Waals surface area contributed by atoms with E-state index in [9.17, 15) is 9.59 Å². The van der Waals surface area contributed by atoms with Gasteiger partial charge in [-0.05, 0) is 24.6 Å². The van der Waals surface area contributed by atoms with Crippen molar-refractivity contribution >= 4 is 17.6 Å². The predicted octanol–water partition coefficient (Wildman–Crippen LogP) is 1.68. The molecule has 1 heterocycles. The fraction of sp³-hybridized carbons (Fsp3) is 0.154. The normalized spacial score (nSPS) is 10.2. The molecule has 0 bridgehead atoms. The number of carboxylic acid groups (broad SMARTS) is 1. The number of rotatable bonds is 3. The second-order valence-electron chi connectivity index (χ2n) is 4.14. The molecule has 0 saturated heterocycles. The van der Waals surface area contributed by atoms with Crippen LogP contribution < -0.4 is 5.32 Å². The lowest BCUT2D eigenvalue weighted by Crippen LogP contribution is -2.13. The molecule has 1 aromatic carbocycles. The Bertz CT molecular complexity index is 646. The SMILES string of the molecule is Cc1c(NC(=O)c2cnn(C)c2)cccc1C(=O)O. The first-order chi connectivity index (χ1) is 8.99. The molecule has 0 aliphatic heterocycles. The van der Waals surface area contributed by atoms with Crippen LogP contribution in [0.15, 0.2) is 30.6 Å². The molecular formula is C13H13N3O3. The number of anilines is 1. The maximum absolute atomic E-state index is 11.9. The van der Waals surface area contributed by atoms with E-state index in [4.69, 9.17) is 5.11 Å². The number of carbonyl (C=O) groups is 2. The lowest BCUT2D eigenvalue weighted by molar-refractivity contribution is 0.0695. The Morgan fingerprint density at radius 2 is 2.11 bits per heavy atom. The summed E-state index contributed by atoms with van der Waals surface area (Å²) < 4.78 is 1.52. The van der Waals surface area contributed by atoms with E-state index in [0.29, 0.717) is 16.8 Å². The molecule has 2 rings (SSSR count). The number of hydrogen-bond acceptors (Lipinski definition) is 3. The lowest BCUT2D eigenvalue weighted by Gasteiger charge is -2.09. The fourth-order valence-electron chi connectivity index (χ4n) is 1.74. The van der Waals surface area contributed by atoms with Crippen molar-refractivity contribution in [2.45, 2.75) is 6.92 Å². The third kappa shape index (κ3) is 2.62. The van der Waals surface area contributed by atoms with Crippen LogP contribution in [0.1, 0.15) is 26.3 Å². The number of benzene rings is 1. The van der Waals surface area contributed by atoms with Crippen molar-refractivity contribution in [3.05, 3.63) is 47.3 Å². The minimum Gasteiger partial charge on any atom is -0.478 e. The number of aryl methyl sites for hydroxylation is 1. The number of hydrogen-bond donors (Lipinski definition) is 2. The van der Waals surface area contributed by atoms with Gasteiger partial charge in [-0.25, -0.2) is 4.79 Å². The van der Waals surface area contributed by atoms with Crippen molar-refractivity contribution in [3.63, 3.8) is 0 Å². The summed E-state index contributed by atoms with van der Waals surface area (Å²) >= 11 is 0. The molecule has 0 spiro atoms. The average Bonchev–Trinajstić information content (AvgIpc) is 2.78. The molecule has 1 aromatic heterocycles. The van der Waals surface area contributed by atoms with Gasteiger partial charge < -0.3 is 10.4 Å². The van der Waals surface area contributed by atoms with Gasteiger partial charge in [-0.1, -0.05) is 6.07 Å². The van der Waals surface area contributed by atoms with E-state index in [0.717, 1.165) is 0 Å². The van der Waals surface area contributed by atoms with Crippen LogP contribution in [0.2, 0.25) is 0 Å². The molecule has 0 unspecified atom stereocenters. The van der Waals surface area contributed by atoms with Gasteiger partial charge in [0.15, 0.2) is 0 Å². The topological polar surface area (TPSA) is 84.2 Å². The molecule has 1 amide bonds. The number of carboxylic acids is 1. The number of amides is 1. The largest absolute Gasteiger partial charge is 0.478 e. The van der Waals surface area contributed by atoms with Crippen LogP contribution in [0.3, 0.4) is 0 Å². The smallest absolute Gasteiger partial charge is 0.336 e. The quantitative estimate of drug-likeness (QED) is 0.878. The molecule has 6 heteroatoms. The molecule has 0 saturated carbocycles. The number of aromatic carboxylic acids is 1. The third-order valence-electron chi connectivity index (χ3n) is 2.78. The standard InChI is InChI=1S/C13H13N3O3/c1-8-10(13(18)19)4-3-5-11(8)15-12(17)9-6-14-16(2)7-9/h3-7H,1-2H3,(H,15,17)(H,18,19). The molecule has 0 aliphatic carbocycles. The molecule has 0 aliphatic rings. The van der Waals surface area contributed by atoms with Crippen LogP contribution in [0.25, 0.3) is 0 Å². The van der Waals surface area contributed by atoms with Gasteiger partial charge in [-0.3, -0.25) is 9.48 Å². The first-order valence-electron chi connectivity index (χ1n) is 5.62. The van der Waals surface area contributed by atoms with Crippen LogP contribution in [-0.2, 0) is 7.05 Å². The molecule has 2 N–H and O–H groups in total. The molecule has 0 atom stereocenters. The van der Waals surface area contributed by atoms with Crippen LogP contribution in [0.5, 0.6) is 0 Å². The average molecular weight is 259 g/mol. The van der Waals surface area contributed by atoms with E-state index >= 15 is 0 Å². The second-order valence-corrected chi connectivity index (χ2v) is 4.14. The van der Waals surface area contributed by atoms with Crippen LogP contribution in [0.4, 0.5) is 5.69 Å². The molecular weight excluding hydrogens is 246 g/mol. The number of nitrogens with one attached hydrogen (secondary N) is 1. The lowest BCUT2D eigenvalue weighted by atomic mass is 10.1. The van der Waals surface area contributed by atoms with Gasteiger partial charge in [-0.2, -0.15) is 5.10 Å². The summed E-state index contributed by atoms with van der Waals surface area (Å²) in [6.45, 7) is 1.66. The minimum atomic E-state index is -1.02. The van der Waals surface area contributed by atoms with Crippen molar-refractivity contribution in [2.75, 3.05) is 5.32 Å². The molecule has 0 radical (unpaired) electrons. The monoisotopic (exact) mass is 259 g/mol. The highest BCUT2D eigenvalue weighted by atomic mass is 16.4. The molecule has 98 valence electrons. The highest BCUT2D eigenvalue weighted by Gasteiger charge is 2.13. The Hall–Kier alpha value is -2.63. The maximum Gasteiger partial charge on any atom is 0.336 e. The predicted molar refractivity (Wildman–Crippen MR) is 69.3 cm³/mol. The Kier molecular flexibility index (Phi) is 3.33. The second kappa shape index (κ2) is 4.93. The summed E-state index contributed by atoms with van der Waals surface area (Å²) in [5, 5.41) is 15.6. The van der Waals surface area contributed by atoms with E-state index in [1.54, 1.807) is 32.3 Å². The summed E-state index contributed by atoms with van der Waals surface area (Å²) in [6.07, 6.45) is 3.04. The Balaban J connectivity index is 2.27. The molecule has 19 heavy (non-hydrogen) atoms. The van der Waals surface area contributed by atoms with E-state index in [1.165, 1.54) is 16.9 Å². The van der Waals surface area contributed by atoms with Crippen LogP contribution >= 0.6 is 0 Å². The summed E-state index contributed by atoms with van der Waals surface area (Å²) in [4.78, 5) is 23.0. The zero-order chi connectivity index (χ0) is 14.0. The Labute approximate surface area is 109 Å². The van der Waals surface area contributed by atoms with Gasteiger partial charge in [-0.15, -0.1) is 0 Å². The first kappa shape index (κ1) is 12.8. The van der Waals surface area contributed by atoms with Gasteiger partial charge in [0, 0.05) is 18.9 Å². The van der Waals surface area contributed by atoms with Crippen LogP contribution in [0, 0.1) is 6.92 Å². The number of nitrogens with zero attached hydrogens (tertiary/aromatic N) is 2. The molecule has 0 fully saturated rings. The van der Waals surface area contributed by atoms with Gasteiger partial charge >= 0.3 is 5.97 Å².